The fourth-order valence-corrected chi connectivity index (χ4v) is 3.91. The minimum atomic E-state index is 0.148. The largest absolute Gasteiger partial charge is 0.373 e. The smallest absolute Gasteiger partial charge is 0.143 e. The molecule has 0 aromatic carbocycles. The molecule has 1 atom stereocenters. The van der Waals surface area contributed by atoms with Gasteiger partial charge in [0.1, 0.15) is 17.8 Å². The van der Waals surface area contributed by atoms with Crippen LogP contribution in [0.4, 0.5) is 5.82 Å². The molecule has 21 heavy (non-hydrogen) atoms. The number of anilines is 1. The van der Waals surface area contributed by atoms with Gasteiger partial charge in [0, 0.05) is 6.20 Å². The molecule has 5 heteroatoms. The number of nitrogens with zero attached hydrogens (tertiary/aromatic N) is 2. The van der Waals surface area contributed by atoms with Gasteiger partial charge in [0.2, 0.25) is 0 Å². The summed E-state index contributed by atoms with van der Waals surface area (Å²) >= 11 is 0. The van der Waals surface area contributed by atoms with Crippen LogP contribution in [-0.2, 0) is 11.2 Å². The third-order valence-electron chi connectivity index (χ3n) is 5.00. The van der Waals surface area contributed by atoms with Crippen molar-refractivity contribution in [2.24, 2.45) is 0 Å². The lowest BCUT2D eigenvalue weighted by molar-refractivity contribution is 0.0103. The molecule has 1 saturated carbocycles. The van der Waals surface area contributed by atoms with Gasteiger partial charge in [0.25, 0.3) is 0 Å². The van der Waals surface area contributed by atoms with E-state index in [0.29, 0.717) is 6.04 Å². The van der Waals surface area contributed by atoms with Crippen LogP contribution in [0.25, 0.3) is 11.0 Å². The molecular formula is C16H22N4O. The van der Waals surface area contributed by atoms with Crippen molar-refractivity contribution in [1.82, 2.24) is 15.0 Å². The summed E-state index contributed by atoms with van der Waals surface area (Å²) in [6.07, 6.45) is 10.8. The number of aryl methyl sites for hydroxylation is 1. The summed E-state index contributed by atoms with van der Waals surface area (Å²) in [5.41, 5.74) is 2.33. The van der Waals surface area contributed by atoms with Crippen LogP contribution in [0.5, 0.6) is 0 Å². The maximum Gasteiger partial charge on any atom is 0.143 e. The fraction of sp³-hybridized carbons (Fsp3) is 0.625. The van der Waals surface area contributed by atoms with Crippen molar-refractivity contribution in [1.29, 1.82) is 0 Å². The van der Waals surface area contributed by atoms with E-state index < -0.39 is 0 Å². The van der Waals surface area contributed by atoms with Crippen LogP contribution in [0.3, 0.4) is 0 Å². The summed E-state index contributed by atoms with van der Waals surface area (Å²) in [5.74, 6) is 0.946. The molecule has 4 rings (SSSR count). The Morgan fingerprint density at radius 1 is 1.38 bits per heavy atom. The van der Waals surface area contributed by atoms with Crippen LogP contribution in [0.15, 0.2) is 12.5 Å². The highest BCUT2D eigenvalue weighted by molar-refractivity contribution is 5.90. The maximum atomic E-state index is 6.12. The van der Waals surface area contributed by atoms with Gasteiger partial charge in [-0.25, -0.2) is 9.97 Å². The van der Waals surface area contributed by atoms with Crippen LogP contribution in [0.1, 0.15) is 44.6 Å². The normalized spacial score (nSPS) is 24.1. The molecule has 0 bridgehead atoms. The van der Waals surface area contributed by atoms with E-state index in [1.807, 2.05) is 6.20 Å². The van der Waals surface area contributed by atoms with Crippen LogP contribution in [-0.4, -0.2) is 33.2 Å². The lowest BCUT2D eigenvalue weighted by Gasteiger charge is -2.21. The Balaban J connectivity index is 1.59. The summed E-state index contributed by atoms with van der Waals surface area (Å²) in [6, 6.07) is 0.362. The van der Waals surface area contributed by atoms with Gasteiger partial charge in [-0.3, -0.25) is 0 Å². The molecule has 1 spiro atoms. The summed E-state index contributed by atoms with van der Waals surface area (Å²) in [6.45, 7) is 2.95. The van der Waals surface area contributed by atoms with Crippen molar-refractivity contribution in [3.05, 3.63) is 18.1 Å². The van der Waals surface area contributed by atoms with Gasteiger partial charge in [-0.1, -0.05) is 19.8 Å². The summed E-state index contributed by atoms with van der Waals surface area (Å²) in [4.78, 5) is 12.0. The molecule has 2 aromatic heterocycles. The Morgan fingerprint density at radius 2 is 2.24 bits per heavy atom. The molecular weight excluding hydrogens is 264 g/mol. The highest BCUT2D eigenvalue weighted by Crippen LogP contribution is 2.41. The standard InChI is InChI=1S/C16H22N4O/c1-2-11-8-17-14-13(11)15(19-10-18-14)20-12-7-16(21-9-12)5-3-4-6-16/h8,10,12H,2-7,9H2,1H3,(H2,17,18,19,20). The summed E-state index contributed by atoms with van der Waals surface area (Å²) in [7, 11) is 0. The molecule has 1 aliphatic carbocycles. The first-order chi connectivity index (χ1) is 10.3. The Morgan fingerprint density at radius 3 is 3.05 bits per heavy atom. The molecule has 5 nitrogen and oxygen atoms in total. The Labute approximate surface area is 124 Å². The Hall–Kier alpha value is -1.62. The third-order valence-corrected chi connectivity index (χ3v) is 5.00. The Bertz CT molecular complexity index is 645. The second-order valence-electron chi connectivity index (χ2n) is 6.36. The number of ether oxygens (including phenoxy) is 1. The van der Waals surface area contributed by atoms with E-state index in [2.05, 4.69) is 27.2 Å². The van der Waals surface area contributed by atoms with Crippen LogP contribution >= 0.6 is 0 Å². The van der Waals surface area contributed by atoms with Gasteiger partial charge >= 0.3 is 0 Å². The predicted octanol–water partition coefficient (Wildman–Crippen LogP) is 3.03. The first kappa shape index (κ1) is 13.1. The maximum absolute atomic E-state index is 6.12. The lowest BCUT2D eigenvalue weighted by atomic mass is 9.96. The number of hydrogen-bond donors (Lipinski definition) is 2. The molecule has 112 valence electrons. The fourth-order valence-electron chi connectivity index (χ4n) is 3.91. The first-order valence-electron chi connectivity index (χ1n) is 8.01. The quantitative estimate of drug-likeness (QED) is 0.910. The molecule has 1 saturated heterocycles. The molecule has 2 aromatic rings. The van der Waals surface area contributed by atoms with Crippen molar-refractivity contribution < 1.29 is 4.74 Å². The zero-order chi connectivity index (χ0) is 14.3. The monoisotopic (exact) mass is 286 g/mol. The number of aromatic nitrogens is 3. The molecule has 0 radical (unpaired) electrons. The molecule has 0 amide bonds. The minimum absolute atomic E-state index is 0.148. The van der Waals surface area contributed by atoms with Crippen molar-refractivity contribution in [2.45, 2.75) is 57.1 Å². The number of nitrogens with one attached hydrogen (secondary N) is 2. The van der Waals surface area contributed by atoms with E-state index in [9.17, 15) is 0 Å². The number of H-pyrrole nitrogens is 1. The zero-order valence-corrected chi connectivity index (χ0v) is 12.5. The number of aromatic amines is 1. The SMILES string of the molecule is CCc1c[nH]c2ncnc(NC3COC4(CCCC4)C3)c12. The third kappa shape index (κ3) is 2.20. The van der Waals surface area contributed by atoms with E-state index in [1.165, 1.54) is 31.2 Å². The van der Waals surface area contributed by atoms with Gasteiger partial charge in [-0.2, -0.15) is 0 Å². The van der Waals surface area contributed by atoms with Gasteiger partial charge in [0.05, 0.1) is 23.6 Å². The first-order valence-corrected chi connectivity index (χ1v) is 8.01. The van der Waals surface area contributed by atoms with Crippen LogP contribution < -0.4 is 5.32 Å². The second kappa shape index (κ2) is 4.98. The Kier molecular flexibility index (Phi) is 3.10. The predicted molar refractivity (Wildman–Crippen MR) is 82.4 cm³/mol. The van der Waals surface area contributed by atoms with Gasteiger partial charge in [-0.05, 0) is 31.2 Å². The zero-order valence-electron chi connectivity index (χ0n) is 12.5. The summed E-state index contributed by atoms with van der Waals surface area (Å²) in [5, 5.41) is 4.73. The van der Waals surface area contributed by atoms with Crippen LogP contribution in [0.2, 0.25) is 0 Å². The van der Waals surface area contributed by atoms with E-state index in [-0.39, 0.29) is 5.60 Å². The summed E-state index contributed by atoms with van der Waals surface area (Å²) < 4.78 is 6.12. The average Bonchev–Trinajstić information content (AvgIpc) is 3.21. The molecule has 1 aliphatic heterocycles. The van der Waals surface area contributed by atoms with Crippen LogP contribution in [0, 0.1) is 0 Å². The van der Waals surface area contributed by atoms with Crippen molar-refractivity contribution in [3.63, 3.8) is 0 Å². The van der Waals surface area contributed by atoms with E-state index in [0.717, 1.165) is 36.3 Å². The molecule has 1 unspecified atom stereocenters. The van der Waals surface area contributed by atoms with E-state index >= 15 is 0 Å². The van der Waals surface area contributed by atoms with Crippen molar-refractivity contribution in [3.8, 4) is 0 Å². The minimum Gasteiger partial charge on any atom is -0.373 e. The van der Waals surface area contributed by atoms with Crippen molar-refractivity contribution in [2.75, 3.05) is 11.9 Å². The average molecular weight is 286 g/mol. The molecule has 2 fully saturated rings. The molecule has 2 N–H and O–H groups in total. The van der Waals surface area contributed by atoms with Gasteiger partial charge in [-0.15, -0.1) is 0 Å². The highest BCUT2D eigenvalue weighted by atomic mass is 16.5. The number of rotatable bonds is 3. The number of hydrogen-bond acceptors (Lipinski definition) is 4. The second-order valence-corrected chi connectivity index (χ2v) is 6.36. The topological polar surface area (TPSA) is 62.8 Å². The van der Waals surface area contributed by atoms with Gasteiger partial charge in [0.15, 0.2) is 0 Å². The molecule has 2 aliphatic rings. The lowest BCUT2D eigenvalue weighted by Crippen LogP contribution is -2.25. The van der Waals surface area contributed by atoms with E-state index in [1.54, 1.807) is 6.33 Å². The van der Waals surface area contributed by atoms with Crippen molar-refractivity contribution >= 4 is 16.9 Å². The van der Waals surface area contributed by atoms with E-state index in [4.69, 9.17) is 4.74 Å². The van der Waals surface area contributed by atoms with Gasteiger partial charge < -0.3 is 15.0 Å². The molecule has 3 heterocycles. The highest BCUT2D eigenvalue weighted by Gasteiger charge is 2.42. The number of fused-ring (bicyclic) bond motifs is 1.